The maximum atomic E-state index is 10.1. The van der Waals surface area contributed by atoms with Gasteiger partial charge in [-0.1, -0.05) is 0 Å². The zero-order valence-electron chi connectivity index (χ0n) is 4.66. The van der Waals surface area contributed by atoms with Crippen LogP contribution in [0.2, 0.25) is 0 Å². The maximum Gasteiger partial charge on any atom is 0.412 e. The van der Waals surface area contributed by atoms with E-state index >= 15 is 0 Å². The lowest BCUT2D eigenvalue weighted by Crippen LogP contribution is -2.37. The summed E-state index contributed by atoms with van der Waals surface area (Å²) in [5, 5.41) is 17.6. The molecule has 0 aromatic rings. The van der Waals surface area contributed by atoms with E-state index in [4.69, 9.17) is 10.3 Å². The van der Waals surface area contributed by atoms with Gasteiger partial charge < -0.3 is 5.11 Å². The number of rotatable bonds is 0. The zero-order chi connectivity index (χ0) is 7.44. The second-order valence-electron chi connectivity index (χ2n) is 1.26. The molecule has 0 saturated heterocycles. The van der Waals surface area contributed by atoms with Gasteiger partial charge in [0.25, 0.3) is 0 Å². The predicted molar refractivity (Wildman–Crippen MR) is 26.1 cm³/mol. The molecule has 3 N–H and O–H groups in total. The summed E-state index contributed by atoms with van der Waals surface area (Å²) >= 11 is 0. The largest absolute Gasteiger partial charge is 0.465 e. The molecular weight excluding hydrogens is 128 g/mol. The van der Waals surface area contributed by atoms with E-state index in [1.807, 2.05) is 0 Å². The third-order valence-electron chi connectivity index (χ3n) is 0.508. The second kappa shape index (κ2) is 2.88. The maximum absolute atomic E-state index is 10.1. The molecule has 9 heavy (non-hydrogen) atoms. The number of carboxylic acid groups (broad SMARTS) is 1. The first-order valence-corrected chi connectivity index (χ1v) is 2.00. The van der Waals surface area contributed by atoms with Crippen LogP contribution in [0.25, 0.3) is 0 Å². The topological polar surface area (TPSA) is 89.9 Å². The third-order valence-corrected chi connectivity index (χ3v) is 0.508. The van der Waals surface area contributed by atoms with E-state index < -0.39 is 12.1 Å². The van der Waals surface area contributed by atoms with Crippen molar-refractivity contribution in [1.82, 2.24) is 10.4 Å². The Balaban J connectivity index is 3.64. The van der Waals surface area contributed by atoms with Crippen LogP contribution >= 0.6 is 0 Å². The van der Waals surface area contributed by atoms with E-state index in [0.717, 1.165) is 7.05 Å². The summed E-state index contributed by atoms with van der Waals surface area (Å²) in [6.07, 6.45) is -1.50. The molecule has 0 fully saturated rings. The fourth-order valence-electron chi connectivity index (χ4n) is 0.172. The molecule has 0 radical (unpaired) electrons. The van der Waals surface area contributed by atoms with Gasteiger partial charge >= 0.3 is 12.1 Å². The summed E-state index contributed by atoms with van der Waals surface area (Å²) in [5.74, 6) is 0. The summed E-state index contributed by atoms with van der Waals surface area (Å²) in [5.41, 5.74) is 0. The Hall–Kier alpha value is -1.30. The van der Waals surface area contributed by atoms with Crippen molar-refractivity contribution in [2.75, 3.05) is 7.05 Å². The molecule has 0 aliphatic heterocycles. The first-order chi connectivity index (χ1) is 4.04. The Bertz CT molecular complexity index is 132. The van der Waals surface area contributed by atoms with E-state index in [1.165, 1.54) is 5.32 Å². The summed E-state index contributed by atoms with van der Waals surface area (Å²) in [6, 6.07) is -1.08. The molecule has 3 amide bonds. The number of urea groups is 1. The first kappa shape index (κ1) is 7.70. The molecule has 52 valence electrons. The van der Waals surface area contributed by atoms with E-state index in [1.54, 1.807) is 0 Å². The van der Waals surface area contributed by atoms with Gasteiger partial charge in [0.2, 0.25) is 0 Å². The van der Waals surface area contributed by atoms with Crippen LogP contribution in [0.15, 0.2) is 0 Å². The summed E-state index contributed by atoms with van der Waals surface area (Å²) < 4.78 is 0. The van der Waals surface area contributed by atoms with Crippen LogP contribution in [0, 0.1) is 0 Å². The van der Waals surface area contributed by atoms with Crippen molar-refractivity contribution in [3.05, 3.63) is 0 Å². The zero-order valence-corrected chi connectivity index (χ0v) is 4.66. The van der Waals surface area contributed by atoms with Gasteiger partial charge in [-0.2, -0.15) is 0 Å². The lowest BCUT2D eigenvalue weighted by Gasteiger charge is -2.05. The van der Waals surface area contributed by atoms with Gasteiger partial charge in [0.05, 0.1) is 0 Å². The van der Waals surface area contributed by atoms with Crippen LogP contribution in [0.4, 0.5) is 9.59 Å². The molecular formula is C3H6N2O4. The molecule has 0 aromatic heterocycles. The van der Waals surface area contributed by atoms with Crippen LogP contribution in [0.3, 0.4) is 0 Å². The van der Waals surface area contributed by atoms with Gasteiger partial charge in [0.1, 0.15) is 0 Å². The average molecular weight is 134 g/mol. The minimum absolute atomic E-state index is 0.133. The smallest absolute Gasteiger partial charge is 0.412 e. The molecule has 0 atom stereocenters. The van der Waals surface area contributed by atoms with Crippen LogP contribution in [0.1, 0.15) is 0 Å². The van der Waals surface area contributed by atoms with Crippen LogP contribution < -0.4 is 5.32 Å². The number of imide groups is 1. The highest BCUT2D eigenvalue weighted by Gasteiger charge is 2.06. The molecule has 0 aliphatic carbocycles. The number of hydroxylamine groups is 2. The predicted octanol–water partition coefficient (Wildman–Crippen LogP) is -0.305. The molecule has 0 heterocycles. The van der Waals surface area contributed by atoms with Gasteiger partial charge in [-0.3, -0.25) is 5.21 Å². The lowest BCUT2D eigenvalue weighted by atomic mass is 10.9. The van der Waals surface area contributed by atoms with Gasteiger partial charge in [-0.15, -0.1) is 0 Å². The van der Waals surface area contributed by atoms with E-state index in [0.29, 0.717) is 0 Å². The molecule has 0 spiro atoms. The van der Waals surface area contributed by atoms with Gasteiger partial charge in [-0.25, -0.2) is 20.0 Å². The van der Waals surface area contributed by atoms with Gasteiger partial charge in [0.15, 0.2) is 0 Å². The summed E-state index contributed by atoms with van der Waals surface area (Å²) in [6.45, 7) is 0. The van der Waals surface area contributed by atoms with E-state index in [-0.39, 0.29) is 5.06 Å². The standard InChI is InChI=1S/C3H6N2O4/c1-5(9)2(6)4-3(7)8/h9H,1H3,(H,4,6)(H,7,8). The number of hydrogen-bond acceptors (Lipinski definition) is 3. The monoisotopic (exact) mass is 134 g/mol. The minimum Gasteiger partial charge on any atom is -0.465 e. The molecule has 6 heteroatoms. The molecule has 0 aliphatic rings. The summed E-state index contributed by atoms with van der Waals surface area (Å²) in [4.78, 5) is 19.8. The van der Waals surface area contributed by atoms with Crippen molar-refractivity contribution < 1.29 is 19.9 Å². The quantitative estimate of drug-likeness (QED) is 0.313. The van der Waals surface area contributed by atoms with Crippen LogP contribution in [-0.2, 0) is 0 Å². The van der Waals surface area contributed by atoms with Crippen molar-refractivity contribution in [3.63, 3.8) is 0 Å². The molecule has 0 rings (SSSR count). The van der Waals surface area contributed by atoms with Crippen LogP contribution in [0.5, 0.6) is 0 Å². The molecule has 6 nitrogen and oxygen atoms in total. The third kappa shape index (κ3) is 3.30. The van der Waals surface area contributed by atoms with E-state index in [2.05, 4.69) is 0 Å². The highest BCUT2D eigenvalue weighted by Crippen LogP contribution is 1.74. The van der Waals surface area contributed by atoms with Crippen molar-refractivity contribution >= 4 is 12.1 Å². The fraction of sp³-hybridized carbons (Fsp3) is 0.333. The Kier molecular flexibility index (Phi) is 2.46. The molecule has 0 aromatic carbocycles. The SMILES string of the molecule is CN(O)C(=O)NC(=O)O. The Labute approximate surface area is 50.6 Å². The normalized spacial score (nSPS) is 8.22. The first-order valence-electron chi connectivity index (χ1n) is 2.00. The Morgan fingerprint density at radius 2 is 2.00 bits per heavy atom. The average Bonchev–Trinajstić information content (AvgIpc) is 1.63. The fourth-order valence-corrected chi connectivity index (χ4v) is 0.172. The highest BCUT2D eigenvalue weighted by molar-refractivity contribution is 5.88. The Morgan fingerprint density at radius 3 is 2.11 bits per heavy atom. The Morgan fingerprint density at radius 1 is 1.56 bits per heavy atom. The van der Waals surface area contributed by atoms with Crippen LogP contribution in [-0.4, -0.2) is 34.5 Å². The molecule has 0 bridgehead atoms. The number of carbonyl (C=O) groups is 2. The highest BCUT2D eigenvalue weighted by atomic mass is 16.5. The van der Waals surface area contributed by atoms with Gasteiger partial charge in [0, 0.05) is 7.05 Å². The number of carbonyl (C=O) groups excluding carboxylic acids is 1. The number of nitrogens with zero attached hydrogens (tertiary/aromatic N) is 1. The molecule has 0 unspecified atom stereocenters. The number of nitrogens with one attached hydrogen (secondary N) is 1. The molecule has 0 saturated carbocycles. The van der Waals surface area contributed by atoms with Crippen molar-refractivity contribution in [3.8, 4) is 0 Å². The number of amides is 3. The summed E-state index contributed by atoms with van der Waals surface area (Å²) in [7, 11) is 1.01. The lowest BCUT2D eigenvalue weighted by molar-refractivity contribution is -0.0176. The van der Waals surface area contributed by atoms with Gasteiger partial charge in [-0.05, 0) is 0 Å². The second-order valence-corrected chi connectivity index (χ2v) is 1.26. The van der Waals surface area contributed by atoms with Crippen molar-refractivity contribution in [2.24, 2.45) is 0 Å². The number of hydrogen-bond donors (Lipinski definition) is 3. The minimum atomic E-state index is -1.50. The van der Waals surface area contributed by atoms with E-state index in [9.17, 15) is 9.59 Å². The van der Waals surface area contributed by atoms with Crippen molar-refractivity contribution in [2.45, 2.75) is 0 Å². The van der Waals surface area contributed by atoms with Crippen molar-refractivity contribution in [1.29, 1.82) is 0 Å².